The zero-order valence-corrected chi connectivity index (χ0v) is 11.8. The predicted molar refractivity (Wildman–Crippen MR) is 78.7 cm³/mol. The molecule has 0 bridgehead atoms. The van der Waals surface area contributed by atoms with Crippen molar-refractivity contribution in [2.24, 2.45) is 0 Å². The number of imidazole rings is 1. The molecule has 1 aromatic heterocycles. The highest BCUT2D eigenvalue weighted by Crippen LogP contribution is 2.30. The summed E-state index contributed by atoms with van der Waals surface area (Å²) in [6, 6.07) is 9.33. The van der Waals surface area contributed by atoms with Gasteiger partial charge in [0.15, 0.2) is 0 Å². The lowest BCUT2D eigenvalue weighted by Crippen LogP contribution is -2.33. The molecule has 2 atom stereocenters. The Morgan fingerprint density at radius 1 is 1.30 bits per heavy atom. The quantitative estimate of drug-likeness (QED) is 0.909. The Balaban J connectivity index is 1.59. The van der Waals surface area contributed by atoms with Gasteiger partial charge in [-0.3, -0.25) is 0 Å². The highest BCUT2D eigenvalue weighted by Gasteiger charge is 2.27. The molecule has 1 saturated carbocycles. The SMILES string of the molecule is COc1ccc(CNC2CCCC2n2ccnc2)cc1. The standard InChI is InChI=1S/C16H21N3O/c1-20-14-7-5-13(6-8-14)11-18-15-3-2-4-16(15)19-10-9-17-12-19/h5-10,12,15-16,18H,2-4,11H2,1H3. The number of nitrogens with one attached hydrogen (secondary N) is 1. The Kier molecular flexibility index (Phi) is 4.02. The number of aromatic nitrogens is 2. The van der Waals surface area contributed by atoms with Gasteiger partial charge in [-0.15, -0.1) is 0 Å². The maximum atomic E-state index is 5.18. The van der Waals surface area contributed by atoms with Crippen LogP contribution in [0.3, 0.4) is 0 Å². The number of nitrogens with zero attached hydrogens (tertiary/aromatic N) is 2. The van der Waals surface area contributed by atoms with E-state index in [1.165, 1.54) is 24.8 Å². The molecular formula is C16H21N3O. The molecule has 4 nitrogen and oxygen atoms in total. The molecule has 2 unspecified atom stereocenters. The van der Waals surface area contributed by atoms with Crippen LogP contribution >= 0.6 is 0 Å². The monoisotopic (exact) mass is 271 g/mol. The molecule has 0 saturated heterocycles. The van der Waals surface area contributed by atoms with Gasteiger partial charge >= 0.3 is 0 Å². The summed E-state index contributed by atoms with van der Waals surface area (Å²) < 4.78 is 7.42. The maximum Gasteiger partial charge on any atom is 0.118 e. The first-order valence-corrected chi connectivity index (χ1v) is 7.20. The van der Waals surface area contributed by atoms with Gasteiger partial charge in [0, 0.05) is 31.0 Å². The molecule has 4 heteroatoms. The van der Waals surface area contributed by atoms with Crippen molar-refractivity contribution in [1.82, 2.24) is 14.9 Å². The summed E-state index contributed by atoms with van der Waals surface area (Å²) >= 11 is 0. The van der Waals surface area contributed by atoms with Crippen molar-refractivity contribution in [1.29, 1.82) is 0 Å². The molecular weight excluding hydrogens is 250 g/mol. The Labute approximate surface area is 119 Å². The minimum Gasteiger partial charge on any atom is -0.497 e. The molecule has 1 N–H and O–H groups in total. The van der Waals surface area contributed by atoms with Crippen LogP contribution in [0.5, 0.6) is 5.75 Å². The lowest BCUT2D eigenvalue weighted by atomic mass is 10.1. The maximum absolute atomic E-state index is 5.18. The second-order valence-electron chi connectivity index (χ2n) is 5.34. The lowest BCUT2D eigenvalue weighted by molar-refractivity contribution is 0.390. The van der Waals surface area contributed by atoms with E-state index in [2.05, 4.69) is 33.2 Å². The minimum atomic E-state index is 0.534. The average molecular weight is 271 g/mol. The van der Waals surface area contributed by atoms with Crippen LogP contribution < -0.4 is 10.1 Å². The smallest absolute Gasteiger partial charge is 0.118 e. The summed E-state index contributed by atoms with van der Waals surface area (Å²) in [5.74, 6) is 0.908. The molecule has 1 aliphatic rings. The van der Waals surface area contributed by atoms with E-state index in [9.17, 15) is 0 Å². The molecule has 1 aliphatic carbocycles. The second kappa shape index (κ2) is 6.09. The fourth-order valence-electron chi connectivity index (χ4n) is 2.99. The van der Waals surface area contributed by atoms with Gasteiger partial charge in [-0.2, -0.15) is 0 Å². The van der Waals surface area contributed by atoms with E-state index in [0.29, 0.717) is 12.1 Å². The Morgan fingerprint density at radius 3 is 2.85 bits per heavy atom. The zero-order chi connectivity index (χ0) is 13.8. The lowest BCUT2D eigenvalue weighted by Gasteiger charge is -2.22. The van der Waals surface area contributed by atoms with E-state index in [1.54, 1.807) is 7.11 Å². The summed E-state index contributed by atoms with van der Waals surface area (Å²) in [5, 5.41) is 3.68. The summed E-state index contributed by atoms with van der Waals surface area (Å²) in [6.45, 7) is 0.903. The highest BCUT2D eigenvalue weighted by molar-refractivity contribution is 5.27. The van der Waals surface area contributed by atoms with Gasteiger partial charge in [0.25, 0.3) is 0 Å². The van der Waals surface area contributed by atoms with Crippen LogP contribution in [0.4, 0.5) is 0 Å². The second-order valence-corrected chi connectivity index (χ2v) is 5.34. The van der Waals surface area contributed by atoms with Crippen molar-refractivity contribution in [3.8, 4) is 5.75 Å². The third kappa shape index (κ3) is 2.85. The summed E-state index contributed by atoms with van der Waals surface area (Å²) in [6.07, 6.45) is 9.60. The van der Waals surface area contributed by atoms with Crippen LogP contribution in [0.25, 0.3) is 0 Å². The Hall–Kier alpha value is -1.81. The molecule has 0 spiro atoms. The average Bonchev–Trinajstić information content (AvgIpc) is 3.16. The third-order valence-electron chi connectivity index (χ3n) is 4.11. The zero-order valence-electron chi connectivity index (χ0n) is 11.8. The summed E-state index contributed by atoms with van der Waals surface area (Å²) in [5.41, 5.74) is 1.29. The Bertz CT molecular complexity index is 521. The molecule has 2 aromatic rings. The first kappa shape index (κ1) is 13.2. The van der Waals surface area contributed by atoms with Crippen LogP contribution in [0, 0.1) is 0 Å². The summed E-state index contributed by atoms with van der Waals surface area (Å²) in [7, 11) is 1.70. The van der Waals surface area contributed by atoms with Crippen LogP contribution in [0.2, 0.25) is 0 Å². The van der Waals surface area contributed by atoms with Gasteiger partial charge < -0.3 is 14.6 Å². The minimum absolute atomic E-state index is 0.534. The first-order chi connectivity index (χ1) is 9.86. The van der Waals surface area contributed by atoms with Crippen molar-refractivity contribution in [3.05, 3.63) is 48.5 Å². The van der Waals surface area contributed by atoms with Gasteiger partial charge in [-0.25, -0.2) is 4.98 Å². The number of methoxy groups -OCH3 is 1. The van der Waals surface area contributed by atoms with E-state index in [4.69, 9.17) is 4.74 Å². The Morgan fingerprint density at radius 2 is 2.15 bits per heavy atom. The topological polar surface area (TPSA) is 39.1 Å². The largest absolute Gasteiger partial charge is 0.497 e. The molecule has 3 rings (SSSR count). The van der Waals surface area contributed by atoms with Crippen LogP contribution in [-0.4, -0.2) is 22.7 Å². The van der Waals surface area contributed by atoms with Gasteiger partial charge in [0.2, 0.25) is 0 Å². The molecule has 1 fully saturated rings. The number of benzene rings is 1. The van der Waals surface area contributed by atoms with Crippen molar-refractivity contribution in [2.45, 2.75) is 37.9 Å². The number of ether oxygens (including phenoxy) is 1. The van der Waals surface area contributed by atoms with E-state index < -0.39 is 0 Å². The summed E-state index contributed by atoms with van der Waals surface area (Å²) in [4.78, 5) is 4.16. The molecule has 1 aromatic carbocycles. The van der Waals surface area contributed by atoms with Crippen molar-refractivity contribution < 1.29 is 4.74 Å². The molecule has 1 heterocycles. The molecule has 0 aliphatic heterocycles. The number of rotatable bonds is 5. The third-order valence-corrected chi connectivity index (χ3v) is 4.11. The highest BCUT2D eigenvalue weighted by atomic mass is 16.5. The normalized spacial score (nSPS) is 22.1. The number of hydrogen-bond donors (Lipinski definition) is 1. The van der Waals surface area contributed by atoms with Crippen molar-refractivity contribution >= 4 is 0 Å². The fraction of sp³-hybridized carbons (Fsp3) is 0.438. The van der Waals surface area contributed by atoms with E-state index >= 15 is 0 Å². The van der Waals surface area contributed by atoms with E-state index in [-0.39, 0.29) is 0 Å². The first-order valence-electron chi connectivity index (χ1n) is 7.20. The van der Waals surface area contributed by atoms with E-state index in [1.807, 2.05) is 24.7 Å². The van der Waals surface area contributed by atoms with Crippen molar-refractivity contribution in [2.75, 3.05) is 7.11 Å². The van der Waals surface area contributed by atoms with Gasteiger partial charge in [0.1, 0.15) is 5.75 Å². The van der Waals surface area contributed by atoms with Crippen molar-refractivity contribution in [3.63, 3.8) is 0 Å². The van der Waals surface area contributed by atoms with E-state index in [0.717, 1.165) is 12.3 Å². The number of hydrogen-bond acceptors (Lipinski definition) is 3. The van der Waals surface area contributed by atoms with Crippen LogP contribution in [0.1, 0.15) is 30.9 Å². The molecule has 20 heavy (non-hydrogen) atoms. The predicted octanol–water partition coefficient (Wildman–Crippen LogP) is 2.78. The molecule has 106 valence electrons. The van der Waals surface area contributed by atoms with Crippen LogP contribution in [0.15, 0.2) is 43.0 Å². The van der Waals surface area contributed by atoms with Gasteiger partial charge in [0.05, 0.1) is 13.4 Å². The molecule has 0 radical (unpaired) electrons. The fourth-order valence-corrected chi connectivity index (χ4v) is 2.99. The van der Waals surface area contributed by atoms with Crippen LogP contribution in [-0.2, 0) is 6.54 Å². The molecule has 0 amide bonds. The van der Waals surface area contributed by atoms with Gasteiger partial charge in [-0.1, -0.05) is 12.1 Å². The van der Waals surface area contributed by atoms with Gasteiger partial charge in [-0.05, 0) is 37.0 Å².